The summed E-state index contributed by atoms with van der Waals surface area (Å²) in [4.78, 5) is 30.9. The number of carbonyl (C=O) groups excluding carboxylic acids is 1. The minimum Gasteiger partial charge on any atom is -0.481 e. The van der Waals surface area contributed by atoms with Crippen LogP contribution in [0.4, 0.5) is 11.4 Å². The molecule has 9 heteroatoms. The number of hydrazine groups is 1. The average Bonchev–Trinajstić information content (AvgIpc) is 2.88. The Bertz CT molecular complexity index is 1280. The number of hydrogen-bond acceptors (Lipinski definition) is 7. The third kappa shape index (κ3) is 6.07. The number of nitrogen functional groups attached to an aromatic ring is 1. The van der Waals surface area contributed by atoms with Crippen molar-refractivity contribution in [2.75, 3.05) is 30.9 Å². The number of rotatable bonds is 2. The average molecular weight is 504 g/mol. The molecule has 0 aliphatic carbocycles. The van der Waals surface area contributed by atoms with Gasteiger partial charge in [0, 0.05) is 50.6 Å². The minimum atomic E-state index is -0.931. The van der Waals surface area contributed by atoms with Crippen LogP contribution in [0.5, 0.6) is 0 Å². The number of aromatic nitrogens is 1. The van der Waals surface area contributed by atoms with Crippen LogP contribution in [-0.4, -0.2) is 47.1 Å². The maximum atomic E-state index is 13.0. The summed E-state index contributed by atoms with van der Waals surface area (Å²) in [6.07, 6.45) is 3.93. The van der Waals surface area contributed by atoms with Gasteiger partial charge in [-0.15, -0.1) is 0 Å². The maximum absolute atomic E-state index is 13.0. The molecule has 9 nitrogen and oxygen atoms in total. The summed E-state index contributed by atoms with van der Waals surface area (Å²) in [7, 11) is 1.73. The maximum Gasteiger partial charge on any atom is 0.304 e. The number of nitrogens with two attached hydrogens (primary N) is 2. The summed E-state index contributed by atoms with van der Waals surface area (Å²) >= 11 is 0. The molecular weight excluding hydrogens is 470 g/mol. The second-order valence-corrected chi connectivity index (χ2v) is 9.45. The minimum absolute atomic E-state index is 0.118. The number of amides is 1. The van der Waals surface area contributed by atoms with Crippen LogP contribution in [-0.2, 0) is 22.7 Å². The smallest absolute Gasteiger partial charge is 0.304 e. The van der Waals surface area contributed by atoms with Gasteiger partial charge in [-0.05, 0) is 59.4 Å². The van der Waals surface area contributed by atoms with Crippen molar-refractivity contribution in [3.8, 4) is 0 Å². The Morgan fingerprint density at radius 1 is 1.16 bits per heavy atom. The van der Waals surface area contributed by atoms with E-state index in [0.29, 0.717) is 49.7 Å². The van der Waals surface area contributed by atoms with Crippen LogP contribution >= 0.6 is 0 Å². The van der Waals surface area contributed by atoms with Gasteiger partial charge in [-0.2, -0.15) is 0 Å². The summed E-state index contributed by atoms with van der Waals surface area (Å²) in [5, 5.41) is 11.3. The number of carboxylic acid groups (broad SMARTS) is 1. The summed E-state index contributed by atoms with van der Waals surface area (Å²) in [6.45, 7) is 3.69. The van der Waals surface area contributed by atoms with E-state index in [1.165, 1.54) is 0 Å². The van der Waals surface area contributed by atoms with Gasteiger partial charge in [-0.3, -0.25) is 14.6 Å². The summed E-state index contributed by atoms with van der Waals surface area (Å²) in [5.41, 5.74) is 12.4. The van der Waals surface area contributed by atoms with Gasteiger partial charge in [0.2, 0.25) is 0 Å². The quantitative estimate of drug-likeness (QED) is 0.357. The predicted molar refractivity (Wildman–Crippen MR) is 142 cm³/mol. The van der Waals surface area contributed by atoms with Crippen LogP contribution in [0, 0.1) is 6.92 Å². The third-order valence-corrected chi connectivity index (χ3v) is 6.74. The highest BCUT2D eigenvalue weighted by Gasteiger charge is 2.23. The van der Waals surface area contributed by atoms with Crippen molar-refractivity contribution < 1.29 is 19.4 Å². The van der Waals surface area contributed by atoms with E-state index in [9.17, 15) is 14.7 Å². The monoisotopic (exact) mass is 503 g/mol. The molecule has 0 saturated carbocycles. The number of carbonyl (C=O) groups is 2. The van der Waals surface area contributed by atoms with Crippen molar-refractivity contribution in [3.63, 3.8) is 0 Å². The molecule has 4 aliphatic rings. The third-order valence-electron chi connectivity index (χ3n) is 6.74. The number of anilines is 2. The van der Waals surface area contributed by atoms with Crippen LogP contribution < -0.4 is 16.6 Å². The van der Waals surface area contributed by atoms with Gasteiger partial charge >= 0.3 is 5.97 Å². The van der Waals surface area contributed by atoms with Crippen LogP contribution in [0.25, 0.3) is 0 Å². The predicted octanol–water partition coefficient (Wildman–Crippen LogP) is 3.45. The standard InChI is InChI=1S/C28H33N5O4/c1-18-23-8-9-25(27(18)29)33(30)10-3-11-37-17-19-4-6-21(7-5-19)28(36)32(2)16-20-12-22(15-31-14-20)24(23)13-26(34)35/h4-9,12,14-15,24H,3,10-11,13,16-17,29-30H2,1-2H3,(H,34,35). The molecule has 0 saturated heterocycles. The number of pyridine rings is 1. The molecule has 194 valence electrons. The number of ether oxygens (including phenoxy) is 1. The fraction of sp³-hybridized carbons (Fsp3) is 0.321. The number of hydrogen-bond donors (Lipinski definition) is 3. The SMILES string of the molecule is Cc1c2ccc(c1N)N(N)CCCOCc1ccc(cc1)C(=O)N(C)Cc1cncc(c1)C2CC(=O)O. The number of aliphatic carboxylic acids is 1. The Kier molecular flexibility index (Phi) is 8.05. The molecule has 1 atom stereocenters. The molecule has 0 fully saturated rings. The van der Waals surface area contributed by atoms with Gasteiger partial charge in [0.15, 0.2) is 0 Å². The molecule has 3 aromatic rings. The zero-order valence-corrected chi connectivity index (χ0v) is 21.2. The first-order valence-corrected chi connectivity index (χ1v) is 12.2. The molecule has 0 spiro atoms. The van der Waals surface area contributed by atoms with Crippen LogP contribution in [0.15, 0.2) is 54.9 Å². The summed E-state index contributed by atoms with van der Waals surface area (Å²) < 4.78 is 5.80. The zero-order valence-electron chi connectivity index (χ0n) is 21.2. The van der Waals surface area contributed by atoms with Gasteiger partial charge in [-0.25, -0.2) is 5.84 Å². The van der Waals surface area contributed by atoms with E-state index in [0.717, 1.165) is 27.8 Å². The fourth-order valence-corrected chi connectivity index (χ4v) is 4.68. The summed E-state index contributed by atoms with van der Waals surface area (Å²) in [6, 6.07) is 13.0. The molecule has 5 heterocycles. The van der Waals surface area contributed by atoms with E-state index in [-0.39, 0.29) is 12.3 Å². The normalized spacial score (nSPS) is 17.1. The van der Waals surface area contributed by atoms with E-state index in [2.05, 4.69) is 4.98 Å². The van der Waals surface area contributed by atoms with Gasteiger partial charge < -0.3 is 25.5 Å². The molecular formula is C28H33N5O4. The highest BCUT2D eigenvalue weighted by molar-refractivity contribution is 5.94. The Hall–Kier alpha value is -3.95. The first-order chi connectivity index (χ1) is 17.7. The fourth-order valence-electron chi connectivity index (χ4n) is 4.68. The van der Waals surface area contributed by atoms with Crippen molar-refractivity contribution in [1.82, 2.24) is 9.88 Å². The van der Waals surface area contributed by atoms with Crippen molar-refractivity contribution >= 4 is 23.3 Å². The second kappa shape index (κ2) is 11.4. The molecule has 2 aromatic carbocycles. The molecule has 1 amide bonds. The molecule has 6 bridgehead atoms. The molecule has 0 radical (unpaired) electrons. The Labute approximate surface area is 216 Å². The van der Waals surface area contributed by atoms with E-state index in [1.807, 2.05) is 37.3 Å². The lowest BCUT2D eigenvalue weighted by molar-refractivity contribution is -0.137. The molecule has 4 aliphatic heterocycles. The van der Waals surface area contributed by atoms with Gasteiger partial charge in [0.05, 0.1) is 24.4 Å². The lowest BCUT2D eigenvalue weighted by Gasteiger charge is -2.25. The first kappa shape index (κ1) is 26.1. The molecule has 5 N–H and O–H groups in total. The van der Waals surface area contributed by atoms with Gasteiger partial charge in [0.25, 0.3) is 5.91 Å². The van der Waals surface area contributed by atoms with Crippen molar-refractivity contribution in [1.29, 1.82) is 0 Å². The largest absolute Gasteiger partial charge is 0.481 e. The molecule has 1 aromatic heterocycles. The van der Waals surface area contributed by atoms with Crippen molar-refractivity contribution in [3.05, 3.63) is 88.2 Å². The van der Waals surface area contributed by atoms with E-state index in [1.54, 1.807) is 41.5 Å². The zero-order chi connectivity index (χ0) is 26.5. The van der Waals surface area contributed by atoms with Crippen LogP contribution in [0.1, 0.15) is 56.9 Å². The Morgan fingerprint density at radius 3 is 2.65 bits per heavy atom. The van der Waals surface area contributed by atoms with Crippen molar-refractivity contribution in [2.24, 2.45) is 5.84 Å². The van der Waals surface area contributed by atoms with E-state index in [4.69, 9.17) is 16.3 Å². The highest BCUT2D eigenvalue weighted by atomic mass is 16.5. The van der Waals surface area contributed by atoms with Gasteiger partial charge in [-0.1, -0.05) is 24.3 Å². The van der Waals surface area contributed by atoms with Gasteiger partial charge in [0.1, 0.15) is 0 Å². The van der Waals surface area contributed by atoms with E-state index < -0.39 is 11.9 Å². The topological polar surface area (TPSA) is 135 Å². The number of carboxylic acids is 1. The van der Waals surface area contributed by atoms with Crippen LogP contribution in [0.2, 0.25) is 0 Å². The number of benzene rings is 2. The second-order valence-electron chi connectivity index (χ2n) is 9.45. The lowest BCUT2D eigenvalue weighted by atomic mass is 9.85. The molecule has 7 rings (SSSR count). The van der Waals surface area contributed by atoms with E-state index >= 15 is 0 Å². The Morgan fingerprint density at radius 2 is 1.92 bits per heavy atom. The highest BCUT2D eigenvalue weighted by Crippen LogP contribution is 2.36. The first-order valence-electron chi connectivity index (χ1n) is 12.2. The summed E-state index contributed by atoms with van der Waals surface area (Å²) in [5.74, 6) is 4.80. The van der Waals surface area contributed by atoms with Crippen LogP contribution in [0.3, 0.4) is 0 Å². The van der Waals surface area contributed by atoms with Crippen molar-refractivity contribution in [2.45, 2.75) is 38.8 Å². The molecule has 37 heavy (non-hydrogen) atoms. The number of nitrogens with zero attached hydrogens (tertiary/aromatic N) is 3. The Balaban J connectivity index is 1.74. The lowest BCUT2D eigenvalue weighted by Crippen LogP contribution is -2.33. The molecule has 1 unspecified atom stereocenters.